The fraction of sp³-hybridized carbons (Fsp3) is 0.600. The molecule has 0 aliphatic carbocycles. The van der Waals surface area contributed by atoms with Gasteiger partial charge in [0, 0.05) is 19.1 Å². The molecule has 3 rings (SSSR count). The van der Waals surface area contributed by atoms with Crippen LogP contribution < -0.4 is 0 Å². The standard InChI is InChI=1S/C15H22N4O2/c1-12-16-15(21-17-12)11-18(2)13-5-7-19(8-6-13)10-14-4-3-9-20-14/h3-4,9,13H,5-8,10-11H2,1-2H3. The van der Waals surface area contributed by atoms with Gasteiger partial charge in [-0.05, 0) is 38.9 Å². The molecule has 3 heterocycles. The van der Waals surface area contributed by atoms with Crippen LogP contribution in [-0.2, 0) is 13.1 Å². The Hall–Kier alpha value is -1.66. The second kappa shape index (κ2) is 6.41. The molecule has 0 amide bonds. The van der Waals surface area contributed by atoms with Gasteiger partial charge < -0.3 is 8.94 Å². The van der Waals surface area contributed by atoms with Crippen molar-refractivity contribution in [1.82, 2.24) is 19.9 Å². The lowest BCUT2D eigenvalue weighted by Gasteiger charge is -2.35. The fourth-order valence-corrected chi connectivity index (χ4v) is 2.89. The zero-order valence-corrected chi connectivity index (χ0v) is 12.7. The highest BCUT2D eigenvalue weighted by atomic mass is 16.5. The van der Waals surface area contributed by atoms with Gasteiger partial charge in [0.15, 0.2) is 5.82 Å². The number of rotatable bonds is 5. The van der Waals surface area contributed by atoms with Gasteiger partial charge in [-0.2, -0.15) is 4.98 Å². The summed E-state index contributed by atoms with van der Waals surface area (Å²) in [4.78, 5) is 9.03. The van der Waals surface area contributed by atoms with Crippen molar-refractivity contribution < 1.29 is 8.94 Å². The van der Waals surface area contributed by atoms with E-state index in [4.69, 9.17) is 8.94 Å². The van der Waals surface area contributed by atoms with Gasteiger partial charge in [0.25, 0.3) is 0 Å². The molecule has 0 radical (unpaired) electrons. The van der Waals surface area contributed by atoms with Crippen molar-refractivity contribution in [2.75, 3.05) is 20.1 Å². The van der Waals surface area contributed by atoms with Crippen LogP contribution >= 0.6 is 0 Å². The van der Waals surface area contributed by atoms with Crippen LogP contribution in [0.3, 0.4) is 0 Å². The molecule has 2 aromatic rings. The highest BCUT2D eigenvalue weighted by Gasteiger charge is 2.24. The Bertz CT molecular complexity index is 544. The molecule has 21 heavy (non-hydrogen) atoms. The van der Waals surface area contributed by atoms with E-state index in [1.807, 2.05) is 19.1 Å². The maximum absolute atomic E-state index is 5.41. The SMILES string of the molecule is Cc1noc(CN(C)C2CCN(Cc3ccco3)CC2)n1. The van der Waals surface area contributed by atoms with Crippen LogP contribution in [0, 0.1) is 6.92 Å². The van der Waals surface area contributed by atoms with Gasteiger partial charge in [0.1, 0.15) is 5.76 Å². The quantitative estimate of drug-likeness (QED) is 0.840. The van der Waals surface area contributed by atoms with Crippen LogP contribution in [0.15, 0.2) is 27.3 Å². The first-order valence-corrected chi connectivity index (χ1v) is 7.45. The maximum atomic E-state index is 5.41. The monoisotopic (exact) mass is 290 g/mol. The number of aryl methyl sites for hydroxylation is 1. The Morgan fingerprint density at radius 3 is 2.81 bits per heavy atom. The predicted octanol–water partition coefficient (Wildman–Crippen LogP) is 2.07. The summed E-state index contributed by atoms with van der Waals surface area (Å²) in [5, 5.41) is 3.84. The van der Waals surface area contributed by atoms with Crippen molar-refractivity contribution in [2.45, 2.75) is 38.9 Å². The Kier molecular flexibility index (Phi) is 4.36. The number of nitrogens with zero attached hydrogens (tertiary/aromatic N) is 4. The van der Waals surface area contributed by atoms with Crippen LogP contribution in [-0.4, -0.2) is 46.1 Å². The minimum Gasteiger partial charge on any atom is -0.468 e. The second-order valence-corrected chi connectivity index (χ2v) is 5.74. The first-order chi connectivity index (χ1) is 10.2. The molecular formula is C15H22N4O2. The van der Waals surface area contributed by atoms with Gasteiger partial charge in [0.2, 0.25) is 5.89 Å². The molecule has 1 saturated heterocycles. The van der Waals surface area contributed by atoms with Crippen molar-refractivity contribution in [3.05, 3.63) is 35.9 Å². The summed E-state index contributed by atoms with van der Waals surface area (Å²) >= 11 is 0. The molecule has 6 nitrogen and oxygen atoms in total. The van der Waals surface area contributed by atoms with Crippen LogP contribution in [0.25, 0.3) is 0 Å². The lowest BCUT2D eigenvalue weighted by Crippen LogP contribution is -2.42. The molecule has 2 aromatic heterocycles. The number of hydrogen-bond acceptors (Lipinski definition) is 6. The van der Waals surface area contributed by atoms with Gasteiger partial charge in [-0.3, -0.25) is 9.80 Å². The lowest BCUT2D eigenvalue weighted by molar-refractivity contribution is 0.107. The summed E-state index contributed by atoms with van der Waals surface area (Å²) < 4.78 is 10.6. The van der Waals surface area contributed by atoms with Crippen molar-refractivity contribution in [2.24, 2.45) is 0 Å². The average molecular weight is 290 g/mol. The molecule has 6 heteroatoms. The van der Waals surface area contributed by atoms with E-state index in [9.17, 15) is 0 Å². The van der Waals surface area contributed by atoms with E-state index >= 15 is 0 Å². The smallest absolute Gasteiger partial charge is 0.240 e. The number of likely N-dealkylation sites (tertiary alicyclic amines) is 1. The Labute approximate surface area is 124 Å². The summed E-state index contributed by atoms with van der Waals surface area (Å²) in [6, 6.07) is 4.56. The Morgan fingerprint density at radius 2 is 2.19 bits per heavy atom. The normalized spacial score (nSPS) is 17.7. The number of piperidine rings is 1. The average Bonchev–Trinajstić information content (AvgIpc) is 3.12. The summed E-state index contributed by atoms with van der Waals surface area (Å²) in [6.45, 7) is 5.67. The van der Waals surface area contributed by atoms with Crippen molar-refractivity contribution in [3.63, 3.8) is 0 Å². The topological polar surface area (TPSA) is 58.5 Å². The molecule has 0 atom stereocenters. The van der Waals surface area contributed by atoms with Crippen molar-refractivity contribution in [3.8, 4) is 0 Å². The Balaban J connectivity index is 1.46. The molecule has 1 aliphatic rings. The van der Waals surface area contributed by atoms with E-state index in [1.54, 1.807) is 6.26 Å². The minimum atomic E-state index is 0.574. The van der Waals surface area contributed by atoms with Crippen molar-refractivity contribution in [1.29, 1.82) is 0 Å². The zero-order chi connectivity index (χ0) is 14.7. The van der Waals surface area contributed by atoms with Crippen molar-refractivity contribution >= 4 is 0 Å². The first kappa shape index (κ1) is 14.3. The van der Waals surface area contributed by atoms with Gasteiger partial charge in [0.05, 0.1) is 19.4 Å². The molecule has 0 bridgehead atoms. The van der Waals surface area contributed by atoms with Crippen LogP contribution in [0.4, 0.5) is 0 Å². The highest BCUT2D eigenvalue weighted by Crippen LogP contribution is 2.19. The predicted molar refractivity (Wildman–Crippen MR) is 77.5 cm³/mol. The number of aromatic nitrogens is 2. The third-order valence-corrected chi connectivity index (χ3v) is 4.09. The lowest BCUT2D eigenvalue weighted by atomic mass is 10.0. The number of furan rings is 1. The summed E-state index contributed by atoms with van der Waals surface area (Å²) in [6.07, 6.45) is 4.05. The van der Waals surface area contributed by atoms with Gasteiger partial charge in [-0.1, -0.05) is 5.16 Å². The molecule has 0 N–H and O–H groups in total. The molecule has 0 spiro atoms. The van der Waals surface area contributed by atoms with E-state index in [-0.39, 0.29) is 0 Å². The third-order valence-electron chi connectivity index (χ3n) is 4.09. The van der Waals surface area contributed by atoms with Crippen LogP contribution in [0.5, 0.6) is 0 Å². The summed E-state index contributed by atoms with van der Waals surface area (Å²) in [5.41, 5.74) is 0. The molecule has 1 aliphatic heterocycles. The fourth-order valence-electron chi connectivity index (χ4n) is 2.89. The molecule has 114 valence electrons. The second-order valence-electron chi connectivity index (χ2n) is 5.74. The van der Waals surface area contributed by atoms with E-state index in [0.29, 0.717) is 17.8 Å². The first-order valence-electron chi connectivity index (χ1n) is 7.45. The largest absolute Gasteiger partial charge is 0.468 e. The molecule has 0 saturated carbocycles. The summed E-state index contributed by atoms with van der Waals surface area (Å²) in [7, 11) is 2.13. The highest BCUT2D eigenvalue weighted by molar-refractivity contribution is 4.98. The molecule has 0 aromatic carbocycles. The van der Waals surface area contributed by atoms with Crippen LogP contribution in [0.2, 0.25) is 0 Å². The van der Waals surface area contributed by atoms with E-state index in [2.05, 4.69) is 27.0 Å². The maximum Gasteiger partial charge on any atom is 0.240 e. The number of hydrogen-bond donors (Lipinski definition) is 0. The third kappa shape index (κ3) is 3.71. The molecular weight excluding hydrogens is 268 g/mol. The zero-order valence-electron chi connectivity index (χ0n) is 12.7. The Morgan fingerprint density at radius 1 is 1.38 bits per heavy atom. The minimum absolute atomic E-state index is 0.574. The van der Waals surface area contributed by atoms with Gasteiger partial charge >= 0.3 is 0 Å². The summed E-state index contributed by atoms with van der Waals surface area (Å²) in [5.74, 6) is 2.45. The van der Waals surface area contributed by atoms with Gasteiger partial charge in [-0.15, -0.1) is 0 Å². The van der Waals surface area contributed by atoms with E-state index in [1.165, 1.54) is 0 Å². The van der Waals surface area contributed by atoms with Crippen LogP contribution in [0.1, 0.15) is 30.3 Å². The molecule has 1 fully saturated rings. The molecule has 0 unspecified atom stereocenters. The van der Waals surface area contributed by atoms with E-state index < -0.39 is 0 Å². The van der Waals surface area contributed by atoms with Gasteiger partial charge in [-0.25, -0.2) is 0 Å². The van der Waals surface area contributed by atoms with E-state index in [0.717, 1.165) is 44.8 Å².